The summed E-state index contributed by atoms with van der Waals surface area (Å²) in [5.74, 6) is -3.26. The molecular weight excluding hydrogens is 932 g/mol. The number of phenolic OH excluding ortho intramolecular Hbond substituents is 1. The highest BCUT2D eigenvalue weighted by Gasteiger charge is 2.49. The number of carbonyl (C=O) groups excluding carboxylic acids is 3. The molecule has 1 saturated heterocycles. The fourth-order valence-corrected chi connectivity index (χ4v) is 38.3. The second kappa shape index (κ2) is 19.2. The highest BCUT2D eigenvalue weighted by atomic mass is 33.7. The molecule has 0 aromatic heterocycles. The van der Waals surface area contributed by atoms with Crippen LogP contribution in [0.2, 0.25) is 0 Å². The first-order valence-electron chi connectivity index (χ1n) is 18.7. The molecule has 1 N–H and O–H groups in total. The summed E-state index contributed by atoms with van der Waals surface area (Å²) in [5.41, 5.74) is 0.835. The van der Waals surface area contributed by atoms with E-state index in [9.17, 15) is 42.8 Å². The number of hydrogen-bond acceptors (Lipinski definition) is 15. The van der Waals surface area contributed by atoms with Crippen LogP contribution in [0.5, 0.6) is 23.0 Å². The van der Waals surface area contributed by atoms with Crippen molar-refractivity contribution in [3.05, 3.63) is 153 Å². The average Bonchev–Trinajstić information content (AvgIpc) is 3.47. The molecule has 1 atom stereocenters. The van der Waals surface area contributed by atoms with Crippen molar-refractivity contribution in [1.82, 2.24) is 0 Å². The quantitative estimate of drug-likeness (QED) is 0.0261. The summed E-state index contributed by atoms with van der Waals surface area (Å²) in [6.45, 7) is 1.45. The minimum Gasteiger partial charge on any atom is -0.508 e. The third-order valence-corrected chi connectivity index (χ3v) is 37.5. The van der Waals surface area contributed by atoms with Gasteiger partial charge in [0.1, 0.15) is 38.8 Å². The van der Waals surface area contributed by atoms with Crippen LogP contribution in [0.15, 0.2) is 120 Å². The first-order valence-corrected chi connectivity index (χ1v) is 28.9. The van der Waals surface area contributed by atoms with Gasteiger partial charge in [0, 0.05) is 39.0 Å². The Balaban J connectivity index is 1.09. The Kier molecular flexibility index (Phi) is 13.9. The number of aromatic hydroxyl groups is 1. The topological polar surface area (TPSA) is 186 Å². The fraction of sp³-hybridized carbons (Fsp3) is 0.140. The van der Waals surface area contributed by atoms with Gasteiger partial charge in [0.2, 0.25) is 5.55 Å². The number of carbonyl (C=O) groups is 3. The predicted octanol–water partition coefficient (Wildman–Crippen LogP) is 9.64. The van der Waals surface area contributed by atoms with Crippen LogP contribution in [-0.4, -0.2) is 45.2 Å². The van der Waals surface area contributed by atoms with Crippen LogP contribution in [0.3, 0.4) is 0 Å². The Morgan fingerprint density at radius 2 is 1.52 bits per heavy atom. The zero-order valence-corrected chi connectivity index (χ0v) is 38.1. The zero-order chi connectivity index (χ0) is 45.1. The van der Waals surface area contributed by atoms with Gasteiger partial charge < -0.3 is 24.2 Å². The van der Waals surface area contributed by atoms with E-state index in [4.69, 9.17) is 26.0 Å². The normalized spacial score (nSPS) is 18.8. The molecule has 324 valence electrons. The van der Waals surface area contributed by atoms with Crippen molar-refractivity contribution in [3.63, 3.8) is 0 Å². The molecule has 1 aliphatic carbocycles. The van der Waals surface area contributed by atoms with Gasteiger partial charge in [0.15, 0.2) is 0 Å². The van der Waals surface area contributed by atoms with Gasteiger partial charge >= 0.3 is 17.9 Å². The van der Waals surface area contributed by atoms with Gasteiger partial charge in [-0.05, 0) is 166 Å². The minimum absolute atomic E-state index is 0.0535. The van der Waals surface area contributed by atoms with Gasteiger partial charge in [-0.15, -0.1) is 10.1 Å². The van der Waals surface area contributed by atoms with Crippen LogP contribution in [0.4, 0.5) is 4.39 Å². The molecular formula is C43H34FNO12P2S4. The van der Waals surface area contributed by atoms with Crippen molar-refractivity contribution >= 4 is 100 Å². The number of nitrogens with zero attached hydrogens (tertiary/aromatic N) is 1. The van der Waals surface area contributed by atoms with Crippen LogP contribution < -0.4 is 24.8 Å². The minimum atomic E-state index is -2.88. The Hall–Kier alpha value is -5.35. The summed E-state index contributed by atoms with van der Waals surface area (Å²) in [6, 6.07) is 27.7. The number of allylic oxidation sites excluding steroid dienone is 2. The van der Waals surface area contributed by atoms with Gasteiger partial charge in [0.05, 0.1) is 13.0 Å². The second-order valence-corrected chi connectivity index (χ2v) is 33.3. The SMILES string of the molecule is CC1=C(CC(=O)Oc2ccc(OC(=O)CCCO[N+](=O)[O-])c(C(=O)Oc3ccc(P4(=S)SP(=O)(c5ccc(O)cc5)S4)cc3)c2)c2cc(F)ccc2C1=Cc1ccc(S(C)=O)cc1. The lowest BCUT2D eigenvalue weighted by molar-refractivity contribution is -0.757. The fourth-order valence-electron chi connectivity index (χ4n) is 6.54. The van der Waals surface area contributed by atoms with Crippen LogP contribution in [0, 0.1) is 15.9 Å². The van der Waals surface area contributed by atoms with E-state index in [0.717, 1.165) is 16.4 Å². The van der Waals surface area contributed by atoms with E-state index in [-0.39, 0.29) is 54.4 Å². The summed E-state index contributed by atoms with van der Waals surface area (Å²) in [4.78, 5) is 55.5. The van der Waals surface area contributed by atoms with E-state index in [2.05, 4.69) is 4.84 Å². The number of halogens is 1. The Bertz CT molecular complexity index is 2840. The molecule has 1 aliphatic heterocycles. The predicted molar refractivity (Wildman–Crippen MR) is 246 cm³/mol. The van der Waals surface area contributed by atoms with Gasteiger partial charge in [-0.1, -0.05) is 30.0 Å². The lowest BCUT2D eigenvalue weighted by atomic mass is 10.0. The van der Waals surface area contributed by atoms with Crippen molar-refractivity contribution in [1.29, 1.82) is 0 Å². The molecule has 1 unspecified atom stereocenters. The molecule has 0 radical (unpaired) electrons. The summed E-state index contributed by atoms with van der Waals surface area (Å²) in [5, 5.41) is 20.5. The van der Waals surface area contributed by atoms with Crippen LogP contribution >= 0.6 is 32.0 Å². The molecule has 63 heavy (non-hydrogen) atoms. The maximum absolute atomic E-state index is 14.6. The first-order chi connectivity index (χ1) is 30.0. The standard InChI is InChI=1S/C43H34FNO12P2S4/c1-26-36(22-27-5-17-34(18-6-27)63(2)53)35-19-7-28(44)23-38(35)37(26)25-42(48)55-31-12-20-40(57-41(47)4-3-21-54-45(50)51)39(24-31)43(49)56-30-10-15-33(16-11-30)59(60)61-58(52,62-59)32-13-8-29(46)9-14-32/h5-20,22-24,46H,3-4,21,25H2,1-2H3. The average molecular weight is 966 g/mol. The molecule has 5 aromatic rings. The van der Waals surface area contributed by atoms with E-state index >= 15 is 0 Å². The largest absolute Gasteiger partial charge is 0.508 e. The number of rotatable bonds is 15. The zero-order valence-electron chi connectivity index (χ0n) is 33.1. The van der Waals surface area contributed by atoms with E-state index in [1.54, 1.807) is 48.7 Å². The Labute approximate surface area is 375 Å². The molecule has 0 amide bonds. The van der Waals surface area contributed by atoms with Gasteiger partial charge in [-0.3, -0.25) is 18.4 Å². The molecule has 1 fully saturated rings. The third kappa shape index (κ3) is 10.7. The molecule has 0 bridgehead atoms. The Morgan fingerprint density at radius 3 is 2.19 bits per heavy atom. The molecule has 5 aromatic carbocycles. The van der Waals surface area contributed by atoms with Crippen LogP contribution in [-0.2, 0) is 41.6 Å². The number of ether oxygens (including phenoxy) is 3. The summed E-state index contributed by atoms with van der Waals surface area (Å²) in [6.07, 6.45) is 2.86. The molecule has 7 rings (SSSR count). The summed E-state index contributed by atoms with van der Waals surface area (Å²) >= 11 is 8.36. The van der Waals surface area contributed by atoms with Crippen LogP contribution in [0.25, 0.3) is 17.2 Å². The number of benzene rings is 5. The number of hydrogen-bond donors (Lipinski definition) is 1. The van der Waals surface area contributed by atoms with E-state index in [1.807, 2.05) is 25.1 Å². The number of esters is 3. The first kappa shape index (κ1) is 45.7. The number of fused-ring (bicyclic) bond motifs is 1. The van der Waals surface area contributed by atoms with Gasteiger partial charge in [-0.25, -0.2) is 9.18 Å². The third-order valence-electron chi connectivity index (χ3n) is 9.61. The van der Waals surface area contributed by atoms with E-state index in [1.165, 1.54) is 76.6 Å². The van der Waals surface area contributed by atoms with Crippen molar-refractivity contribution in [3.8, 4) is 23.0 Å². The monoisotopic (exact) mass is 965 g/mol. The molecule has 0 saturated carbocycles. The van der Waals surface area contributed by atoms with Crippen molar-refractivity contribution in [2.45, 2.75) is 31.1 Å². The maximum Gasteiger partial charge on any atom is 0.347 e. The van der Waals surface area contributed by atoms with E-state index < -0.39 is 49.6 Å². The molecule has 20 heteroatoms. The van der Waals surface area contributed by atoms with Crippen molar-refractivity contribution in [2.24, 2.45) is 0 Å². The summed E-state index contributed by atoms with van der Waals surface area (Å²) < 4.78 is 54.5. The van der Waals surface area contributed by atoms with Crippen molar-refractivity contribution < 1.29 is 56.8 Å². The molecule has 1 heterocycles. The highest BCUT2D eigenvalue weighted by Crippen LogP contribution is 3.03. The Morgan fingerprint density at radius 1 is 0.857 bits per heavy atom. The van der Waals surface area contributed by atoms with Gasteiger partial charge in [0.25, 0.3) is 5.09 Å². The van der Waals surface area contributed by atoms with Crippen molar-refractivity contribution in [2.75, 3.05) is 12.9 Å². The van der Waals surface area contributed by atoms with Gasteiger partial charge in [-0.2, -0.15) is 0 Å². The lowest BCUT2D eigenvalue weighted by Crippen LogP contribution is -2.16. The van der Waals surface area contributed by atoms with Crippen LogP contribution in [0.1, 0.15) is 53.2 Å². The number of phenols is 1. The smallest absolute Gasteiger partial charge is 0.347 e. The molecule has 2 aliphatic rings. The summed E-state index contributed by atoms with van der Waals surface area (Å²) in [7, 11) is -1.16. The molecule has 13 nitrogen and oxygen atoms in total. The maximum atomic E-state index is 14.6. The lowest BCUT2D eigenvalue weighted by Gasteiger charge is -2.37. The molecule has 0 spiro atoms. The van der Waals surface area contributed by atoms with E-state index in [0.29, 0.717) is 32.5 Å². The highest BCUT2D eigenvalue weighted by molar-refractivity contribution is 9.44. The second-order valence-electron chi connectivity index (χ2n) is 13.9.